The van der Waals surface area contributed by atoms with Gasteiger partial charge >= 0.3 is 0 Å². The van der Waals surface area contributed by atoms with Crippen molar-refractivity contribution < 1.29 is 0 Å². The molecule has 2 nitrogen and oxygen atoms in total. The van der Waals surface area contributed by atoms with Crippen LogP contribution in [0.25, 0.3) is 0 Å². The van der Waals surface area contributed by atoms with Crippen LogP contribution in [0.5, 0.6) is 0 Å². The molecule has 2 fully saturated rings. The Hall–Kier alpha value is -0.340. The van der Waals surface area contributed by atoms with Gasteiger partial charge in [-0.1, -0.05) is 6.08 Å². The molecule has 0 radical (unpaired) electrons. The Labute approximate surface area is 87.4 Å². The quantitative estimate of drug-likeness (QED) is 0.530. The fraction of sp³-hybridized carbons (Fsp3) is 0.833. The first-order chi connectivity index (χ1) is 6.81. The summed E-state index contributed by atoms with van der Waals surface area (Å²) in [6.45, 7) is 8.47. The topological polar surface area (TPSA) is 15.3 Å². The molecule has 1 saturated heterocycles. The third-order valence-electron chi connectivity index (χ3n) is 3.42. The summed E-state index contributed by atoms with van der Waals surface area (Å²) in [7, 11) is 0. The lowest BCUT2D eigenvalue weighted by Gasteiger charge is -2.19. The Bertz CT molecular complexity index is 198. The van der Waals surface area contributed by atoms with Crippen LogP contribution >= 0.6 is 0 Å². The second-order valence-corrected chi connectivity index (χ2v) is 4.74. The van der Waals surface area contributed by atoms with E-state index in [0.29, 0.717) is 0 Å². The molecule has 2 rings (SSSR count). The van der Waals surface area contributed by atoms with Crippen molar-refractivity contribution in [2.24, 2.45) is 0 Å². The van der Waals surface area contributed by atoms with Crippen molar-refractivity contribution in [3.8, 4) is 0 Å². The minimum absolute atomic E-state index is 0.727. The van der Waals surface area contributed by atoms with Gasteiger partial charge in [-0.05, 0) is 39.2 Å². The number of nitrogens with one attached hydrogen (secondary N) is 1. The van der Waals surface area contributed by atoms with E-state index in [4.69, 9.17) is 0 Å². The zero-order chi connectivity index (χ0) is 9.97. The van der Waals surface area contributed by atoms with Crippen molar-refractivity contribution in [2.75, 3.05) is 13.1 Å². The molecule has 80 valence electrons. The number of hydrogen-bond acceptors (Lipinski definition) is 2. The minimum atomic E-state index is 0.727. The standard InChI is InChI=1S/C12H22N2/c1-3-4-7-13-11-8-10(2)14(9-11)12-5-6-12/h3,10-13H,1,4-9H2,2H3. The lowest BCUT2D eigenvalue weighted by Crippen LogP contribution is -2.34. The molecule has 14 heavy (non-hydrogen) atoms. The average molecular weight is 194 g/mol. The van der Waals surface area contributed by atoms with Crippen LogP contribution < -0.4 is 5.32 Å². The van der Waals surface area contributed by atoms with Gasteiger partial charge in [0.25, 0.3) is 0 Å². The minimum Gasteiger partial charge on any atom is -0.312 e. The van der Waals surface area contributed by atoms with Gasteiger partial charge in [0.1, 0.15) is 0 Å². The van der Waals surface area contributed by atoms with E-state index >= 15 is 0 Å². The van der Waals surface area contributed by atoms with Crippen molar-refractivity contribution >= 4 is 0 Å². The van der Waals surface area contributed by atoms with E-state index in [2.05, 4.69) is 23.7 Å². The molecule has 0 aromatic carbocycles. The zero-order valence-electron chi connectivity index (χ0n) is 9.21. The number of hydrogen-bond donors (Lipinski definition) is 1. The van der Waals surface area contributed by atoms with Crippen LogP contribution in [0.3, 0.4) is 0 Å². The predicted octanol–water partition coefficient (Wildman–Crippen LogP) is 1.78. The Balaban J connectivity index is 1.71. The SMILES string of the molecule is C=CCCNC1CC(C)N(C2CC2)C1. The maximum atomic E-state index is 3.74. The molecule has 1 aliphatic carbocycles. The first-order valence-corrected chi connectivity index (χ1v) is 5.91. The molecule has 0 spiro atoms. The molecular weight excluding hydrogens is 172 g/mol. The van der Waals surface area contributed by atoms with E-state index in [-0.39, 0.29) is 0 Å². The van der Waals surface area contributed by atoms with Gasteiger partial charge in [-0.3, -0.25) is 4.90 Å². The molecule has 2 atom stereocenters. The van der Waals surface area contributed by atoms with Gasteiger partial charge in [-0.25, -0.2) is 0 Å². The van der Waals surface area contributed by atoms with E-state index < -0.39 is 0 Å². The van der Waals surface area contributed by atoms with Gasteiger partial charge in [0, 0.05) is 24.7 Å². The Morgan fingerprint density at radius 1 is 1.50 bits per heavy atom. The highest BCUT2D eigenvalue weighted by molar-refractivity contribution is 4.95. The largest absolute Gasteiger partial charge is 0.312 e. The third-order valence-corrected chi connectivity index (χ3v) is 3.42. The molecule has 1 saturated carbocycles. The summed E-state index contributed by atoms with van der Waals surface area (Å²) in [5.74, 6) is 0. The monoisotopic (exact) mass is 194 g/mol. The van der Waals surface area contributed by atoms with Crippen molar-refractivity contribution in [3.63, 3.8) is 0 Å². The molecule has 1 aliphatic heterocycles. The lowest BCUT2D eigenvalue weighted by molar-refractivity contribution is 0.255. The van der Waals surface area contributed by atoms with Gasteiger partial charge in [0.05, 0.1) is 0 Å². The van der Waals surface area contributed by atoms with Crippen LogP contribution in [0.1, 0.15) is 32.6 Å². The van der Waals surface area contributed by atoms with Crippen LogP contribution in [0.15, 0.2) is 12.7 Å². The molecule has 2 unspecified atom stereocenters. The molecule has 0 amide bonds. The van der Waals surface area contributed by atoms with Crippen molar-refractivity contribution in [3.05, 3.63) is 12.7 Å². The molecule has 0 aromatic heterocycles. The fourth-order valence-electron chi connectivity index (χ4n) is 2.51. The van der Waals surface area contributed by atoms with Gasteiger partial charge in [-0.2, -0.15) is 0 Å². The maximum Gasteiger partial charge on any atom is 0.0210 e. The second kappa shape index (κ2) is 4.45. The molecule has 2 heteroatoms. The molecule has 2 aliphatic rings. The summed E-state index contributed by atoms with van der Waals surface area (Å²) >= 11 is 0. The van der Waals surface area contributed by atoms with Crippen molar-refractivity contribution in [1.82, 2.24) is 10.2 Å². The van der Waals surface area contributed by atoms with Crippen LogP contribution in [0.4, 0.5) is 0 Å². The summed E-state index contributed by atoms with van der Waals surface area (Å²) in [6, 6.07) is 2.45. The maximum absolute atomic E-state index is 3.74. The van der Waals surface area contributed by atoms with E-state index in [1.54, 1.807) is 0 Å². The third kappa shape index (κ3) is 2.37. The summed E-state index contributed by atoms with van der Waals surface area (Å²) in [5.41, 5.74) is 0. The summed E-state index contributed by atoms with van der Waals surface area (Å²) in [4.78, 5) is 2.69. The van der Waals surface area contributed by atoms with E-state index in [1.165, 1.54) is 25.8 Å². The Morgan fingerprint density at radius 2 is 2.29 bits per heavy atom. The first kappa shape index (κ1) is 10.2. The van der Waals surface area contributed by atoms with Gasteiger partial charge < -0.3 is 5.32 Å². The molecule has 1 N–H and O–H groups in total. The normalized spacial score (nSPS) is 33.5. The van der Waals surface area contributed by atoms with Crippen LogP contribution in [-0.4, -0.2) is 36.1 Å². The predicted molar refractivity (Wildman–Crippen MR) is 60.4 cm³/mol. The molecular formula is C12H22N2. The van der Waals surface area contributed by atoms with Crippen LogP contribution in [-0.2, 0) is 0 Å². The van der Waals surface area contributed by atoms with Crippen molar-refractivity contribution in [1.29, 1.82) is 0 Å². The van der Waals surface area contributed by atoms with E-state index in [1.807, 2.05) is 6.08 Å². The summed E-state index contributed by atoms with van der Waals surface area (Å²) in [6.07, 6.45) is 7.28. The smallest absolute Gasteiger partial charge is 0.0210 e. The highest BCUT2D eigenvalue weighted by Crippen LogP contribution is 2.33. The van der Waals surface area contributed by atoms with E-state index in [0.717, 1.165) is 31.1 Å². The second-order valence-electron chi connectivity index (χ2n) is 4.74. The average Bonchev–Trinajstić information content (AvgIpc) is 2.92. The highest BCUT2D eigenvalue weighted by Gasteiger charge is 2.38. The number of nitrogens with zero attached hydrogens (tertiary/aromatic N) is 1. The Morgan fingerprint density at radius 3 is 2.93 bits per heavy atom. The van der Waals surface area contributed by atoms with Crippen LogP contribution in [0.2, 0.25) is 0 Å². The lowest BCUT2D eigenvalue weighted by atomic mass is 10.2. The zero-order valence-corrected chi connectivity index (χ0v) is 9.21. The molecule has 0 bridgehead atoms. The van der Waals surface area contributed by atoms with Crippen LogP contribution in [0, 0.1) is 0 Å². The first-order valence-electron chi connectivity index (χ1n) is 5.91. The number of likely N-dealkylation sites (tertiary alicyclic amines) is 1. The van der Waals surface area contributed by atoms with Gasteiger partial charge in [0.2, 0.25) is 0 Å². The Kier molecular flexibility index (Phi) is 3.24. The molecule has 0 aromatic rings. The van der Waals surface area contributed by atoms with Gasteiger partial charge in [-0.15, -0.1) is 6.58 Å². The number of rotatable bonds is 5. The fourth-order valence-corrected chi connectivity index (χ4v) is 2.51. The van der Waals surface area contributed by atoms with Gasteiger partial charge in [0.15, 0.2) is 0 Å². The van der Waals surface area contributed by atoms with Crippen molar-refractivity contribution in [2.45, 2.75) is 50.7 Å². The van der Waals surface area contributed by atoms with E-state index in [9.17, 15) is 0 Å². The molecule has 1 heterocycles. The summed E-state index contributed by atoms with van der Waals surface area (Å²) < 4.78 is 0. The highest BCUT2D eigenvalue weighted by atomic mass is 15.3. The summed E-state index contributed by atoms with van der Waals surface area (Å²) in [5, 5.41) is 3.61.